The van der Waals surface area contributed by atoms with Crippen molar-refractivity contribution in [1.29, 1.82) is 0 Å². The van der Waals surface area contributed by atoms with E-state index in [0.29, 0.717) is 37.2 Å². The highest BCUT2D eigenvalue weighted by atomic mass is 16.8. The van der Waals surface area contributed by atoms with E-state index in [0.717, 1.165) is 50.2 Å². The van der Waals surface area contributed by atoms with Crippen molar-refractivity contribution in [3.05, 3.63) is 60.2 Å². The Hall–Kier alpha value is -4.11. The molecule has 3 rings (SSSR count). The van der Waals surface area contributed by atoms with Crippen LogP contribution in [0.3, 0.4) is 0 Å². The Morgan fingerprint density at radius 1 is 0.935 bits per heavy atom. The number of ether oxygens (including phenoxy) is 6. The number of carbonyl (C=O) groups is 5. The summed E-state index contributed by atoms with van der Waals surface area (Å²) in [6.07, 6.45) is 1.52. The van der Waals surface area contributed by atoms with E-state index in [9.17, 15) is 39.3 Å². The lowest BCUT2D eigenvalue weighted by atomic mass is 9.74. The molecule has 2 heterocycles. The van der Waals surface area contributed by atoms with Gasteiger partial charge in [0.15, 0.2) is 6.10 Å². The van der Waals surface area contributed by atoms with Gasteiger partial charge in [-0.1, -0.05) is 130 Å². The summed E-state index contributed by atoms with van der Waals surface area (Å²) in [6.45, 7) is 18.7. The van der Waals surface area contributed by atoms with E-state index in [2.05, 4.69) is 20.4 Å². The van der Waals surface area contributed by atoms with Crippen molar-refractivity contribution in [1.82, 2.24) is 0 Å². The van der Waals surface area contributed by atoms with Crippen LogP contribution in [0.4, 0.5) is 0 Å². The third-order valence-electron chi connectivity index (χ3n) is 11.9. The Kier molecular flexibility index (Phi) is 20.3. The lowest BCUT2D eigenvalue weighted by molar-refractivity contribution is -0.375. The number of allylic oxidation sites excluding steroid dienone is 1. The number of unbranched alkanes of at least 4 members (excludes halogenated alkanes) is 5. The van der Waals surface area contributed by atoms with Gasteiger partial charge in [0.25, 0.3) is 0 Å². The zero-order chi connectivity index (χ0) is 46.3. The molecule has 2 bridgehead atoms. The predicted octanol–water partition coefficient (Wildman–Crippen LogP) is 7.21. The number of hydrogen-bond donors (Lipinski definition) is 3. The molecule has 2 aliphatic heterocycles. The standard InChI is InChI=1S/C48H72O14/c1-10-12-13-14-15-19-27-58-45(55)47(56)42(43(52)57-28-25-31(3)4)61-46(26-24-34(7)39(59-36(9)49)35(8)30-37-20-17-16-18-21-37)40(51)41(48(47,62-46)44(53)54)60-38(50)23-22-33(6)29-32(5)11-2/h16-18,20-23,31-33,35,39-42,51,56H,7,10-15,19,24-30H2,1-6,8-9H3,(H,53,54)/b23-22+/t32-,33+,35+,39+,40+,41+,42?,46?,47?,48?/m0/s1. The van der Waals surface area contributed by atoms with E-state index < -0.39 is 77.7 Å². The first-order chi connectivity index (χ1) is 29.3. The average Bonchev–Trinajstić information content (AvgIpc) is 3.44. The molecule has 62 heavy (non-hydrogen) atoms. The van der Waals surface area contributed by atoms with Crippen molar-refractivity contribution in [2.24, 2.45) is 23.7 Å². The summed E-state index contributed by atoms with van der Waals surface area (Å²) >= 11 is 0. The zero-order valence-corrected chi connectivity index (χ0v) is 38.1. The SMILES string of the molecule is C=C(CCC12OC(C(=O)OCCC(C)C)C(O)(C(=O)OCCCCCCCC)C(C(=O)O)(O1)[C@H](OC(=O)/C=C/[C@@H](C)C[C@@H](C)CC)[C@H]2O)[C@@H](OC(C)=O)[C@H](C)Cc1ccccc1. The number of aliphatic hydroxyl groups is 2. The number of benzene rings is 1. The van der Waals surface area contributed by atoms with Crippen LogP contribution in [0.1, 0.15) is 132 Å². The number of aliphatic carboxylic acids is 1. The molecule has 4 unspecified atom stereocenters. The van der Waals surface area contributed by atoms with E-state index in [1.54, 1.807) is 6.08 Å². The van der Waals surface area contributed by atoms with Crippen molar-refractivity contribution in [2.75, 3.05) is 13.2 Å². The van der Waals surface area contributed by atoms with Gasteiger partial charge in [0.2, 0.25) is 23.1 Å². The second-order valence-electron chi connectivity index (χ2n) is 17.7. The molecule has 14 nitrogen and oxygen atoms in total. The second-order valence-corrected chi connectivity index (χ2v) is 17.7. The minimum Gasteiger partial charge on any atom is -0.479 e. The highest BCUT2D eigenvalue weighted by Gasteiger charge is 2.86. The third kappa shape index (κ3) is 13.0. The van der Waals surface area contributed by atoms with Gasteiger partial charge in [-0.15, -0.1) is 0 Å². The van der Waals surface area contributed by atoms with Gasteiger partial charge in [-0.05, 0) is 61.0 Å². The first-order valence-corrected chi connectivity index (χ1v) is 22.4. The van der Waals surface area contributed by atoms with Gasteiger partial charge in [0.05, 0.1) is 13.2 Å². The quantitative estimate of drug-likeness (QED) is 0.0263. The molecular weight excluding hydrogens is 801 g/mol. The number of fused-ring (bicyclic) bond motifs is 2. The van der Waals surface area contributed by atoms with Crippen molar-refractivity contribution in [2.45, 2.75) is 174 Å². The van der Waals surface area contributed by atoms with E-state index in [1.807, 2.05) is 65.0 Å². The number of hydrogen-bond acceptors (Lipinski definition) is 13. The third-order valence-corrected chi connectivity index (χ3v) is 11.9. The molecule has 0 aromatic heterocycles. The highest BCUT2D eigenvalue weighted by molar-refractivity contribution is 5.99. The van der Waals surface area contributed by atoms with E-state index in [4.69, 9.17) is 28.4 Å². The number of carboxylic acids is 1. The van der Waals surface area contributed by atoms with Crippen molar-refractivity contribution in [3.63, 3.8) is 0 Å². The normalized spacial score (nSPS) is 26.3. The first-order valence-electron chi connectivity index (χ1n) is 22.4. The minimum absolute atomic E-state index is 0.0690. The number of carboxylic acid groups (broad SMARTS) is 1. The van der Waals surface area contributed by atoms with Gasteiger partial charge in [-0.25, -0.2) is 19.2 Å². The largest absolute Gasteiger partial charge is 0.479 e. The Morgan fingerprint density at radius 2 is 1.60 bits per heavy atom. The number of rotatable bonds is 27. The zero-order valence-electron chi connectivity index (χ0n) is 38.1. The van der Waals surface area contributed by atoms with Crippen LogP contribution in [0.25, 0.3) is 0 Å². The molecule has 0 aliphatic carbocycles. The van der Waals surface area contributed by atoms with E-state index in [-0.39, 0.29) is 37.4 Å². The van der Waals surface area contributed by atoms with Gasteiger partial charge in [0.1, 0.15) is 12.2 Å². The molecular formula is C48H72O14. The molecule has 10 atom stereocenters. The van der Waals surface area contributed by atoms with Crippen LogP contribution in [0.2, 0.25) is 0 Å². The smallest absolute Gasteiger partial charge is 0.345 e. The van der Waals surface area contributed by atoms with Crippen LogP contribution < -0.4 is 0 Å². The number of aliphatic hydroxyl groups excluding tert-OH is 1. The van der Waals surface area contributed by atoms with Crippen molar-refractivity contribution in [3.8, 4) is 0 Å². The van der Waals surface area contributed by atoms with Crippen LogP contribution in [0, 0.1) is 23.7 Å². The molecule has 0 amide bonds. The second kappa shape index (κ2) is 24.1. The summed E-state index contributed by atoms with van der Waals surface area (Å²) in [5.74, 6) is -9.19. The van der Waals surface area contributed by atoms with E-state index >= 15 is 0 Å². The van der Waals surface area contributed by atoms with Gasteiger partial charge in [-0.3, -0.25) is 4.79 Å². The molecule has 2 fully saturated rings. The van der Waals surface area contributed by atoms with Crippen LogP contribution in [-0.2, 0) is 58.8 Å². The Labute approximate surface area is 367 Å². The fourth-order valence-electron chi connectivity index (χ4n) is 8.19. The molecule has 0 saturated carbocycles. The first kappa shape index (κ1) is 52.2. The maximum atomic E-state index is 14.3. The fourth-order valence-corrected chi connectivity index (χ4v) is 8.19. The molecule has 0 radical (unpaired) electrons. The van der Waals surface area contributed by atoms with Crippen LogP contribution in [-0.4, -0.2) is 99.8 Å². The molecule has 2 saturated heterocycles. The predicted molar refractivity (Wildman–Crippen MR) is 230 cm³/mol. The average molecular weight is 873 g/mol. The molecule has 14 heteroatoms. The maximum absolute atomic E-state index is 14.3. The number of carbonyl (C=O) groups excluding carboxylic acids is 4. The Balaban J connectivity index is 2.13. The molecule has 3 N–H and O–H groups in total. The summed E-state index contributed by atoms with van der Waals surface area (Å²) in [4.78, 5) is 68.2. The maximum Gasteiger partial charge on any atom is 0.345 e. The molecule has 1 aromatic rings. The van der Waals surface area contributed by atoms with Crippen LogP contribution in [0.5, 0.6) is 0 Å². The lowest BCUT2D eigenvalue weighted by Gasteiger charge is -2.49. The van der Waals surface area contributed by atoms with Crippen LogP contribution >= 0.6 is 0 Å². The summed E-state index contributed by atoms with van der Waals surface area (Å²) in [5.41, 5.74) is -5.63. The molecule has 1 aromatic carbocycles. The summed E-state index contributed by atoms with van der Waals surface area (Å²) < 4.78 is 34.8. The highest BCUT2D eigenvalue weighted by Crippen LogP contribution is 2.56. The molecule has 0 spiro atoms. The van der Waals surface area contributed by atoms with Crippen molar-refractivity contribution < 1.29 is 67.7 Å². The monoisotopic (exact) mass is 872 g/mol. The van der Waals surface area contributed by atoms with Gasteiger partial charge >= 0.3 is 29.8 Å². The minimum atomic E-state index is -3.56. The topological polar surface area (TPSA) is 201 Å². The summed E-state index contributed by atoms with van der Waals surface area (Å²) in [5, 5.41) is 36.1. The molecule has 348 valence electrons. The molecule has 2 aliphatic rings. The Bertz CT molecular complexity index is 1680. The lowest BCUT2D eigenvalue weighted by Crippen LogP contribution is -2.78. The summed E-state index contributed by atoms with van der Waals surface area (Å²) in [6, 6.07) is 9.50. The summed E-state index contributed by atoms with van der Waals surface area (Å²) in [7, 11) is 0. The van der Waals surface area contributed by atoms with Gasteiger partial charge in [0, 0.05) is 25.3 Å². The van der Waals surface area contributed by atoms with Gasteiger partial charge < -0.3 is 43.7 Å². The number of esters is 4. The van der Waals surface area contributed by atoms with Gasteiger partial charge in [-0.2, -0.15) is 0 Å². The van der Waals surface area contributed by atoms with Crippen LogP contribution in [0.15, 0.2) is 54.6 Å². The van der Waals surface area contributed by atoms with Crippen molar-refractivity contribution >= 4 is 29.8 Å². The fraction of sp³-hybridized carbons (Fsp3) is 0.688. The van der Waals surface area contributed by atoms with E-state index in [1.165, 1.54) is 6.92 Å². The Morgan fingerprint density at radius 3 is 2.21 bits per heavy atom.